The molecule has 4 heteroatoms. The maximum atomic E-state index is 12.6. The van der Waals surface area contributed by atoms with E-state index in [9.17, 15) is 9.90 Å². The topological polar surface area (TPSA) is 58.6 Å². The van der Waals surface area contributed by atoms with Gasteiger partial charge in [-0.25, -0.2) is 0 Å². The molecule has 2 aromatic rings. The van der Waals surface area contributed by atoms with Crippen LogP contribution in [0.2, 0.25) is 0 Å². The van der Waals surface area contributed by atoms with Crippen LogP contribution in [0.5, 0.6) is 5.75 Å². The minimum absolute atomic E-state index is 0.0719. The molecule has 0 radical (unpaired) electrons. The molecule has 24 heavy (non-hydrogen) atoms. The van der Waals surface area contributed by atoms with Gasteiger partial charge in [-0.3, -0.25) is 4.79 Å². The molecule has 1 aliphatic rings. The van der Waals surface area contributed by atoms with Crippen LogP contribution in [-0.4, -0.2) is 29.8 Å². The Morgan fingerprint density at radius 2 is 1.88 bits per heavy atom. The third-order valence-corrected chi connectivity index (χ3v) is 4.56. The van der Waals surface area contributed by atoms with Gasteiger partial charge >= 0.3 is 0 Å². The van der Waals surface area contributed by atoms with Gasteiger partial charge in [-0.2, -0.15) is 0 Å². The maximum Gasteiger partial charge on any atom is 0.252 e. The number of carbonyl (C=O) groups is 1. The summed E-state index contributed by atoms with van der Waals surface area (Å²) in [6.45, 7) is 1.95. The van der Waals surface area contributed by atoms with Crippen LogP contribution >= 0.6 is 0 Å². The molecule has 0 heterocycles. The van der Waals surface area contributed by atoms with Crippen molar-refractivity contribution in [2.45, 2.75) is 37.8 Å². The quantitative estimate of drug-likeness (QED) is 0.887. The lowest BCUT2D eigenvalue weighted by atomic mass is 9.98. The van der Waals surface area contributed by atoms with Crippen molar-refractivity contribution in [3.05, 3.63) is 65.2 Å². The van der Waals surface area contributed by atoms with Gasteiger partial charge in [-0.05, 0) is 42.2 Å². The number of hydrogen-bond donors (Lipinski definition) is 2. The summed E-state index contributed by atoms with van der Waals surface area (Å²) in [6.07, 6.45) is 1.44. The minimum Gasteiger partial charge on any atom is -0.497 e. The fraction of sp³-hybridized carbons (Fsp3) is 0.350. The first-order valence-corrected chi connectivity index (χ1v) is 8.23. The molecule has 0 spiro atoms. The Labute approximate surface area is 142 Å². The highest BCUT2D eigenvalue weighted by Gasteiger charge is 2.42. The number of amides is 1. The number of aliphatic hydroxyl groups is 1. The Morgan fingerprint density at radius 3 is 2.50 bits per heavy atom. The predicted octanol–water partition coefficient (Wildman–Crippen LogP) is 2.27. The Bertz CT molecular complexity index is 716. The molecule has 2 aromatic carbocycles. The molecule has 3 rings (SSSR count). The van der Waals surface area contributed by atoms with Crippen molar-refractivity contribution in [2.24, 2.45) is 0 Å². The zero-order valence-corrected chi connectivity index (χ0v) is 14.1. The van der Waals surface area contributed by atoms with E-state index in [1.807, 2.05) is 55.5 Å². The van der Waals surface area contributed by atoms with E-state index in [1.54, 1.807) is 7.11 Å². The predicted molar refractivity (Wildman–Crippen MR) is 93.1 cm³/mol. The van der Waals surface area contributed by atoms with Crippen LogP contribution in [0, 0.1) is 0 Å². The SMILES string of the molecule is COc1cccc(C[C@H](C)NC(=O)C2(O)Cc3ccccc3C2)c1. The average molecular weight is 325 g/mol. The summed E-state index contributed by atoms with van der Waals surface area (Å²) < 4.78 is 5.22. The van der Waals surface area contributed by atoms with Gasteiger partial charge in [-0.1, -0.05) is 36.4 Å². The van der Waals surface area contributed by atoms with Gasteiger partial charge in [0.05, 0.1) is 7.11 Å². The highest BCUT2D eigenvalue weighted by molar-refractivity contribution is 5.87. The van der Waals surface area contributed by atoms with Crippen molar-refractivity contribution in [2.75, 3.05) is 7.11 Å². The minimum atomic E-state index is -1.34. The van der Waals surface area contributed by atoms with Gasteiger partial charge < -0.3 is 15.2 Å². The number of nitrogens with one attached hydrogen (secondary N) is 1. The first kappa shape index (κ1) is 16.5. The molecule has 126 valence electrons. The Balaban J connectivity index is 1.62. The van der Waals surface area contributed by atoms with Crippen LogP contribution in [0.3, 0.4) is 0 Å². The van der Waals surface area contributed by atoms with Gasteiger partial charge in [0.25, 0.3) is 5.91 Å². The highest BCUT2D eigenvalue weighted by Crippen LogP contribution is 2.30. The fourth-order valence-corrected chi connectivity index (χ4v) is 3.32. The van der Waals surface area contributed by atoms with E-state index in [0.717, 1.165) is 22.4 Å². The molecule has 0 unspecified atom stereocenters. The molecule has 1 amide bonds. The van der Waals surface area contributed by atoms with E-state index >= 15 is 0 Å². The van der Waals surface area contributed by atoms with Crippen LogP contribution in [0.4, 0.5) is 0 Å². The van der Waals surface area contributed by atoms with Crippen molar-refractivity contribution < 1.29 is 14.6 Å². The summed E-state index contributed by atoms with van der Waals surface area (Å²) in [5.74, 6) is 0.505. The molecular formula is C20H23NO3. The molecular weight excluding hydrogens is 302 g/mol. The van der Waals surface area contributed by atoms with Crippen molar-refractivity contribution in [3.63, 3.8) is 0 Å². The van der Waals surface area contributed by atoms with E-state index < -0.39 is 5.60 Å². The molecule has 0 saturated heterocycles. The number of fused-ring (bicyclic) bond motifs is 1. The average Bonchev–Trinajstić information content (AvgIpc) is 2.92. The molecule has 0 fully saturated rings. The van der Waals surface area contributed by atoms with Crippen molar-refractivity contribution in [3.8, 4) is 5.75 Å². The van der Waals surface area contributed by atoms with Gasteiger partial charge in [-0.15, -0.1) is 0 Å². The molecule has 1 atom stereocenters. The number of rotatable bonds is 5. The number of methoxy groups -OCH3 is 1. The zero-order chi connectivity index (χ0) is 17.2. The van der Waals surface area contributed by atoms with Crippen LogP contribution < -0.4 is 10.1 Å². The van der Waals surface area contributed by atoms with Crippen LogP contribution in [0.1, 0.15) is 23.6 Å². The lowest BCUT2D eigenvalue weighted by molar-refractivity contribution is -0.139. The summed E-state index contributed by atoms with van der Waals surface area (Å²) in [7, 11) is 1.64. The van der Waals surface area contributed by atoms with E-state index in [4.69, 9.17) is 4.74 Å². The summed E-state index contributed by atoms with van der Waals surface area (Å²) in [6, 6.07) is 15.5. The molecule has 0 saturated carbocycles. The molecule has 4 nitrogen and oxygen atoms in total. The number of benzene rings is 2. The van der Waals surface area contributed by atoms with E-state index in [2.05, 4.69) is 5.32 Å². The van der Waals surface area contributed by atoms with E-state index in [0.29, 0.717) is 19.3 Å². The lowest BCUT2D eigenvalue weighted by Gasteiger charge is -2.24. The van der Waals surface area contributed by atoms with E-state index in [1.165, 1.54) is 0 Å². The molecule has 2 N–H and O–H groups in total. The van der Waals surface area contributed by atoms with Crippen LogP contribution in [0.15, 0.2) is 48.5 Å². The first-order valence-electron chi connectivity index (χ1n) is 8.23. The third-order valence-electron chi connectivity index (χ3n) is 4.56. The Kier molecular flexibility index (Phi) is 4.58. The Morgan fingerprint density at radius 1 is 1.21 bits per heavy atom. The van der Waals surface area contributed by atoms with Crippen molar-refractivity contribution >= 4 is 5.91 Å². The van der Waals surface area contributed by atoms with Crippen molar-refractivity contribution in [1.82, 2.24) is 5.32 Å². The molecule has 0 bridgehead atoms. The second-order valence-electron chi connectivity index (χ2n) is 6.58. The lowest BCUT2D eigenvalue weighted by Crippen LogP contribution is -2.50. The smallest absolute Gasteiger partial charge is 0.252 e. The molecule has 0 aliphatic heterocycles. The summed E-state index contributed by atoms with van der Waals surface area (Å²) in [4.78, 5) is 12.6. The molecule has 1 aliphatic carbocycles. The van der Waals surface area contributed by atoms with Crippen LogP contribution in [-0.2, 0) is 24.1 Å². The van der Waals surface area contributed by atoms with Gasteiger partial charge in [0.15, 0.2) is 5.60 Å². The Hall–Kier alpha value is -2.33. The second-order valence-corrected chi connectivity index (χ2v) is 6.58. The van der Waals surface area contributed by atoms with Gasteiger partial charge in [0, 0.05) is 18.9 Å². The van der Waals surface area contributed by atoms with Crippen LogP contribution in [0.25, 0.3) is 0 Å². The monoisotopic (exact) mass is 325 g/mol. The van der Waals surface area contributed by atoms with Gasteiger partial charge in [0.1, 0.15) is 5.75 Å². The van der Waals surface area contributed by atoms with Gasteiger partial charge in [0.2, 0.25) is 0 Å². The number of hydrogen-bond acceptors (Lipinski definition) is 3. The number of ether oxygens (including phenoxy) is 1. The first-order chi connectivity index (χ1) is 11.5. The standard InChI is InChI=1S/C20H23NO3/c1-14(10-15-6-5-9-18(11-15)24-2)21-19(22)20(23)12-16-7-3-4-8-17(16)13-20/h3-9,11,14,23H,10,12-13H2,1-2H3,(H,21,22)/t14-/m0/s1. The summed E-state index contributed by atoms with van der Waals surface area (Å²) in [5, 5.41) is 13.7. The second kappa shape index (κ2) is 6.65. The maximum absolute atomic E-state index is 12.6. The summed E-state index contributed by atoms with van der Waals surface area (Å²) >= 11 is 0. The van der Waals surface area contributed by atoms with Crippen molar-refractivity contribution in [1.29, 1.82) is 0 Å². The van der Waals surface area contributed by atoms with E-state index in [-0.39, 0.29) is 11.9 Å². The highest BCUT2D eigenvalue weighted by atomic mass is 16.5. The fourth-order valence-electron chi connectivity index (χ4n) is 3.32. The normalized spacial score (nSPS) is 16.3. The summed E-state index contributed by atoms with van der Waals surface area (Å²) in [5.41, 5.74) is 1.85. The third kappa shape index (κ3) is 3.44. The largest absolute Gasteiger partial charge is 0.497 e. The zero-order valence-electron chi connectivity index (χ0n) is 14.1. The number of carbonyl (C=O) groups excluding carboxylic acids is 1. The molecule has 0 aromatic heterocycles.